The summed E-state index contributed by atoms with van der Waals surface area (Å²) in [6, 6.07) is 0. The van der Waals surface area contributed by atoms with Crippen LogP contribution in [-0.4, -0.2) is 15.6 Å². The van der Waals surface area contributed by atoms with Gasteiger partial charge in [-0.05, 0) is 0 Å². The third kappa shape index (κ3) is 15.8. The Bertz CT molecular complexity index is 57.5. The number of halogens is 4. The van der Waals surface area contributed by atoms with Crippen molar-refractivity contribution in [1.29, 1.82) is 0 Å². The van der Waals surface area contributed by atoms with E-state index in [4.69, 9.17) is 34.8 Å². The van der Waals surface area contributed by atoms with Crippen molar-refractivity contribution in [2.75, 3.05) is 0 Å². The topological polar surface area (TPSA) is 48.6 Å². The molecule has 0 aliphatic heterocycles. The summed E-state index contributed by atoms with van der Waals surface area (Å²) in [4.78, 5) is 9.43. The van der Waals surface area contributed by atoms with Gasteiger partial charge >= 0.3 is 0 Å². The van der Waals surface area contributed by atoms with Gasteiger partial charge in [-0.3, -0.25) is 4.79 Å². The smallest absolute Gasteiger partial charge is 0.245 e. The Hall–Kier alpha value is 0.790. The van der Waals surface area contributed by atoms with Crippen LogP contribution in [0.15, 0.2) is 0 Å². The van der Waals surface area contributed by atoms with Crippen LogP contribution in [0.1, 0.15) is 0 Å². The van der Waals surface area contributed by atoms with Crippen molar-refractivity contribution in [3.8, 4) is 0 Å². The minimum absolute atomic E-state index is 0. The molecule has 0 bridgehead atoms. The summed E-state index contributed by atoms with van der Waals surface area (Å²) in [5.41, 5.74) is 0. The van der Waals surface area contributed by atoms with Crippen LogP contribution in [0.5, 0.6) is 0 Å². The lowest BCUT2D eigenvalue weighted by molar-refractivity contribution is -0.107. The lowest BCUT2D eigenvalue weighted by atomic mass is 10.9. The van der Waals surface area contributed by atoms with Crippen LogP contribution in [0.25, 0.3) is 0 Å². The van der Waals surface area contributed by atoms with Gasteiger partial charge in [-0.15, -0.1) is 12.4 Å². The highest BCUT2D eigenvalue weighted by atomic mass is 35.6. The predicted molar refractivity (Wildman–Crippen MR) is 37.2 cm³/mol. The average molecular weight is 202 g/mol. The van der Waals surface area contributed by atoms with Crippen molar-refractivity contribution in [3.63, 3.8) is 0 Å². The van der Waals surface area contributed by atoms with Gasteiger partial charge in [-0.25, -0.2) is 0 Å². The Kier molecular flexibility index (Phi) is 11.8. The van der Waals surface area contributed by atoms with Crippen molar-refractivity contribution in [1.82, 2.24) is 0 Å². The normalized spacial score (nSPS) is 8.38. The summed E-state index contributed by atoms with van der Waals surface area (Å²) >= 11 is 14.6. The highest BCUT2D eigenvalue weighted by Crippen LogP contribution is 2.21. The van der Waals surface area contributed by atoms with E-state index in [2.05, 4.69) is 0 Å². The van der Waals surface area contributed by atoms with Crippen LogP contribution in [0.4, 0.5) is 0 Å². The van der Waals surface area contributed by atoms with Crippen molar-refractivity contribution in [2.24, 2.45) is 0 Å². The standard InChI is InChI=1S/C2HCl3O.ClH.H2O/c3-2(4,5)1-6;;/h1H;1H;1H2. The second-order valence-corrected chi connectivity index (χ2v) is 3.03. The van der Waals surface area contributed by atoms with Gasteiger partial charge in [0, 0.05) is 0 Å². The SMILES string of the molecule is Cl.O.O=CC(Cl)(Cl)Cl. The molecule has 0 rings (SSSR count). The van der Waals surface area contributed by atoms with E-state index >= 15 is 0 Å². The van der Waals surface area contributed by atoms with Gasteiger partial charge in [0.1, 0.15) is 0 Å². The van der Waals surface area contributed by atoms with E-state index in [1.807, 2.05) is 0 Å². The molecule has 0 aliphatic carbocycles. The molecule has 0 amide bonds. The number of aldehydes is 1. The second kappa shape index (κ2) is 5.92. The van der Waals surface area contributed by atoms with Crippen LogP contribution in [-0.2, 0) is 4.79 Å². The van der Waals surface area contributed by atoms with E-state index in [0.29, 0.717) is 0 Å². The van der Waals surface area contributed by atoms with E-state index in [-0.39, 0.29) is 24.2 Å². The second-order valence-electron chi connectivity index (χ2n) is 0.659. The first kappa shape index (κ1) is 15.9. The first-order chi connectivity index (χ1) is 2.56. The summed E-state index contributed by atoms with van der Waals surface area (Å²) in [7, 11) is 0. The van der Waals surface area contributed by atoms with Crippen molar-refractivity contribution >= 4 is 53.5 Å². The minimum Gasteiger partial charge on any atom is -0.412 e. The zero-order valence-corrected chi connectivity index (χ0v) is 6.61. The molecule has 8 heavy (non-hydrogen) atoms. The number of carbonyl (C=O) groups excluding carboxylic acids is 1. The van der Waals surface area contributed by atoms with Crippen molar-refractivity contribution < 1.29 is 10.3 Å². The van der Waals surface area contributed by atoms with E-state index in [9.17, 15) is 4.79 Å². The van der Waals surface area contributed by atoms with Crippen LogP contribution in [0.3, 0.4) is 0 Å². The molecule has 0 aromatic carbocycles. The lowest BCUT2D eigenvalue weighted by Crippen LogP contribution is -2.00. The Morgan fingerprint density at radius 2 is 1.38 bits per heavy atom. The summed E-state index contributed by atoms with van der Waals surface area (Å²) < 4.78 is -1.72. The first-order valence-corrected chi connectivity index (χ1v) is 2.23. The highest BCUT2D eigenvalue weighted by Gasteiger charge is 2.16. The van der Waals surface area contributed by atoms with Crippen LogP contribution < -0.4 is 0 Å². The van der Waals surface area contributed by atoms with Crippen molar-refractivity contribution in [3.05, 3.63) is 0 Å². The molecule has 0 unspecified atom stereocenters. The number of carbonyl (C=O) groups is 1. The van der Waals surface area contributed by atoms with Gasteiger partial charge in [0.2, 0.25) is 3.79 Å². The number of alkyl halides is 3. The largest absolute Gasteiger partial charge is 0.412 e. The van der Waals surface area contributed by atoms with E-state index in [1.54, 1.807) is 0 Å². The zero-order valence-electron chi connectivity index (χ0n) is 3.53. The molecule has 2 N–H and O–H groups in total. The highest BCUT2D eigenvalue weighted by molar-refractivity contribution is 6.74. The molecule has 0 aromatic rings. The van der Waals surface area contributed by atoms with E-state index < -0.39 is 3.79 Å². The predicted octanol–water partition coefficient (Wildman–Crippen LogP) is 1.15. The number of rotatable bonds is 0. The Labute approximate surface area is 67.8 Å². The van der Waals surface area contributed by atoms with E-state index in [1.165, 1.54) is 0 Å². The van der Waals surface area contributed by atoms with Gasteiger partial charge in [-0.2, -0.15) is 0 Å². The van der Waals surface area contributed by atoms with Gasteiger partial charge in [0.05, 0.1) is 0 Å². The summed E-state index contributed by atoms with van der Waals surface area (Å²) in [5, 5.41) is 0. The van der Waals surface area contributed by atoms with Crippen LogP contribution in [0.2, 0.25) is 0 Å². The first-order valence-electron chi connectivity index (χ1n) is 1.09. The molecule has 6 heteroatoms. The van der Waals surface area contributed by atoms with Gasteiger partial charge in [0.15, 0.2) is 6.29 Å². The Morgan fingerprint density at radius 3 is 1.38 bits per heavy atom. The molecule has 0 fully saturated rings. The minimum atomic E-state index is -1.72. The molecule has 2 nitrogen and oxygen atoms in total. The van der Waals surface area contributed by atoms with Crippen LogP contribution >= 0.6 is 47.2 Å². The number of hydrogen-bond acceptors (Lipinski definition) is 1. The van der Waals surface area contributed by atoms with E-state index in [0.717, 1.165) is 0 Å². The van der Waals surface area contributed by atoms with Crippen LogP contribution in [0, 0.1) is 0 Å². The Morgan fingerprint density at radius 1 is 1.25 bits per heavy atom. The summed E-state index contributed by atoms with van der Waals surface area (Å²) in [6.45, 7) is 0. The molecule has 0 heterocycles. The monoisotopic (exact) mass is 200 g/mol. The van der Waals surface area contributed by atoms with Gasteiger partial charge < -0.3 is 5.48 Å². The maximum absolute atomic E-state index is 9.43. The molecular formula is C2H4Cl4O2. The quantitative estimate of drug-likeness (QED) is 0.429. The fourth-order valence-corrected chi connectivity index (χ4v) is 0. The molecule has 52 valence electrons. The molecule has 0 aromatic heterocycles. The average Bonchev–Trinajstić information content (AvgIpc) is 1.35. The lowest BCUT2D eigenvalue weighted by Gasteiger charge is -1.93. The Balaban J connectivity index is -0.000000125. The molecule has 0 radical (unpaired) electrons. The molecule has 0 saturated carbocycles. The third-order valence-corrected chi connectivity index (χ3v) is 0.401. The van der Waals surface area contributed by atoms with Crippen molar-refractivity contribution in [2.45, 2.75) is 3.79 Å². The summed E-state index contributed by atoms with van der Waals surface area (Å²) in [6.07, 6.45) is 0.234. The molecule has 0 saturated heterocycles. The molecular weight excluding hydrogens is 198 g/mol. The van der Waals surface area contributed by atoms with Gasteiger partial charge in [0.25, 0.3) is 0 Å². The molecule has 0 atom stereocenters. The fraction of sp³-hybridized carbons (Fsp3) is 0.500. The maximum Gasteiger partial charge on any atom is 0.245 e. The molecule has 0 spiro atoms. The zero-order chi connectivity index (χ0) is 5.21. The fourth-order valence-electron chi connectivity index (χ4n) is 0. The third-order valence-electron chi connectivity index (χ3n) is 0.134. The summed E-state index contributed by atoms with van der Waals surface area (Å²) in [5.74, 6) is 0. The molecule has 0 aliphatic rings. The number of hydrogen-bond donors (Lipinski definition) is 0. The maximum atomic E-state index is 9.43. The van der Waals surface area contributed by atoms with Gasteiger partial charge in [-0.1, -0.05) is 34.8 Å².